The van der Waals surface area contributed by atoms with E-state index in [-0.39, 0.29) is 19.0 Å². The van der Waals surface area contributed by atoms with E-state index in [1.54, 1.807) is 12.3 Å². The molecule has 1 fully saturated rings. The van der Waals surface area contributed by atoms with Gasteiger partial charge in [0.05, 0.1) is 36.7 Å². The molecule has 0 saturated carbocycles. The van der Waals surface area contributed by atoms with Crippen LogP contribution in [0.2, 0.25) is 0 Å². The van der Waals surface area contributed by atoms with Crippen molar-refractivity contribution in [3.63, 3.8) is 0 Å². The maximum absolute atomic E-state index is 13.2. The third-order valence-corrected chi connectivity index (χ3v) is 6.99. The van der Waals surface area contributed by atoms with Crippen LogP contribution in [0.4, 0.5) is 23.3 Å². The molecule has 2 N–H and O–H groups in total. The first kappa shape index (κ1) is 26.8. The van der Waals surface area contributed by atoms with Gasteiger partial charge in [0.25, 0.3) is 5.91 Å². The summed E-state index contributed by atoms with van der Waals surface area (Å²) in [7, 11) is 2.01. The van der Waals surface area contributed by atoms with Crippen LogP contribution in [0, 0.1) is 10.1 Å². The van der Waals surface area contributed by atoms with Gasteiger partial charge in [-0.25, -0.2) is 9.97 Å². The fourth-order valence-electron chi connectivity index (χ4n) is 4.97. The molecule has 0 spiro atoms. The number of ether oxygens (including phenoxy) is 1. The summed E-state index contributed by atoms with van der Waals surface area (Å²) in [4.78, 5) is 38.3. The van der Waals surface area contributed by atoms with Crippen LogP contribution in [0.1, 0.15) is 10.4 Å². The molecule has 0 atom stereocenters. The van der Waals surface area contributed by atoms with Crippen LogP contribution in [-0.4, -0.2) is 73.0 Å². The molecule has 1 aliphatic heterocycles. The number of aryl methyl sites for hydroxylation is 1. The van der Waals surface area contributed by atoms with Crippen LogP contribution in [0.15, 0.2) is 67.3 Å². The number of carbonyl (C=O) groups excluding carboxylic acids is 1. The Kier molecular flexibility index (Phi) is 7.43. The maximum Gasteiger partial charge on any atom is 0.490 e. The van der Waals surface area contributed by atoms with E-state index < -0.39 is 10.9 Å². The Hall–Kier alpha value is -5.37. The number of para-hydroxylation sites is 1. The number of anilines is 3. The summed E-state index contributed by atoms with van der Waals surface area (Å²) in [5, 5.41) is 21.9. The van der Waals surface area contributed by atoms with Gasteiger partial charge >= 0.3 is 5.95 Å². The van der Waals surface area contributed by atoms with Crippen LogP contribution in [0.25, 0.3) is 22.2 Å². The summed E-state index contributed by atoms with van der Waals surface area (Å²) in [5.74, 6) is -0.315. The van der Waals surface area contributed by atoms with E-state index in [2.05, 4.69) is 53.5 Å². The third kappa shape index (κ3) is 5.60. The Bertz CT molecular complexity index is 1760. The molecule has 14 nitrogen and oxygen atoms in total. The first-order valence-electron chi connectivity index (χ1n) is 13.4. The van der Waals surface area contributed by atoms with Crippen molar-refractivity contribution < 1.29 is 14.5 Å². The fourth-order valence-corrected chi connectivity index (χ4v) is 4.97. The highest BCUT2D eigenvalue weighted by molar-refractivity contribution is 6.00. The average Bonchev–Trinajstić information content (AvgIpc) is 3.63. The van der Waals surface area contributed by atoms with Crippen LogP contribution < -0.4 is 15.5 Å². The van der Waals surface area contributed by atoms with E-state index in [4.69, 9.17) is 9.72 Å². The van der Waals surface area contributed by atoms with Gasteiger partial charge in [-0.2, -0.15) is 4.68 Å². The molecule has 1 aliphatic rings. The Morgan fingerprint density at radius 3 is 2.76 bits per heavy atom. The first-order chi connectivity index (χ1) is 20.5. The minimum atomic E-state index is -0.662. The van der Waals surface area contributed by atoms with Crippen LogP contribution in [-0.2, 0) is 18.3 Å². The Morgan fingerprint density at radius 2 is 1.95 bits per heavy atom. The van der Waals surface area contributed by atoms with Gasteiger partial charge in [0.15, 0.2) is 0 Å². The number of benzene rings is 2. The lowest BCUT2D eigenvalue weighted by atomic mass is 10.1. The number of morpholine rings is 1. The molecule has 4 heterocycles. The number of carbonyl (C=O) groups is 1. The van der Waals surface area contributed by atoms with Crippen molar-refractivity contribution in [3.8, 4) is 11.3 Å². The van der Waals surface area contributed by atoms with Crippen molar-refractivity contribution >= 4 is 40.1 Å². The summed E-state index contributed by atoms with van der Waals surface area (Å²) < 4.78 is 8.92. The van der Waals surface area contributed by atoms with Gasteiger partial charge in [0, 0.05) is 66.3 Å². The van der Waals surface area contributed by atoms with Crippen LogP contribution in [0.3, 0.4) is 0 Å². The van der Waals surface area contributed by atoms with E-state index in [0.717, 1.165) is 33.5 Å². The van der Waals surface area contributed by atoms with Crippen molar-refractivity contribution in [2.75, 3.05) is 43.1 Å². The zero-order valence-corrected chi connectivity index (χ0v) is 22.8. The number of rotatable bonds is 9. The van der Waals surface area contributed by atoms with Crippen LogP contribution >= 0.6 is 0 Å². The number of nitrogens with zero attached hydrogens (tertiary/aromatic N) is 8. The highest BCUT2D eigenvalue weighted by Crippen LogP contribution is 2.31. The zero-order chi connectivity index (χ0) is 29.1. The lowest BCUT2D eigenvalue weighted by Crippen LogP contribution is -2.38. The molecule has 0 bridgehead atoms. The SMILES string of the molecule is Cn1cc(-c2ccnc(Nc3ccc(C(=O)NCCn4cnc([N+](=O)[O-])n4)c(N4CCOCC4)c3)n2)c2ccccc21. The number of hydrogen-bond acceptors (Lipinski definition) is 10. The van der Waals surface area contributed by atoms with E-state index in [9.17, 15) is 14.9 Å². The van der Waals surface area contributed by atoms with E-state index >= 15 is 0 Å². The second-order valence-corrected chi connectivity index (χ2v) is 9.71. The van der Waals surface area contributed by atoms with E-state index in [1.165, 1.54) is 11.0 Å². The summed E-state index contributed by atoms with van der Waals surface area (Å²) in [6.07, 6.45) is 5.05. The van der Waals surface area contributed by atoms with Crippen molar-refractivity contribution in [1.29, 1.82) is 0 Å². The largest absolute Gasteiger partial charge is 0.490 e. The standard InChI is InChI=1S/C28H28N10O4/c1-35-17-22(20-4-2-3-5-24(20)35)23-8-9-30-27(33-23)32-19-6-7-21(25(16-19)36-12-14-42-15-13-36)26(39)29-10-11-37-18-31-28(34-37)38(40)41/h2-9,16-18H,10-15H2,1H3,(H,29,39)(H,30,32,33). The lowest BCUT2D eigenvalue weighted by Gasteiger charge is -2.30. The highest BCUT2D eigenvalue weighted by Gasteiger charge is 2.20. The average molecular weight is 569 g/mol. The monoisotopic (exact) mass is 568 g/mol. The molecule has 1 saturated heterocycles. The summed E-state index contributed by atoms with van der Waals surface area (Å²) >= 11 is 0. The molecule has 42 heavy (non-hydrogen) atoms. The molecule has 14 heteroatoms. The number of nitrogens with one attached hydrogen (secondary N) is 2. The van der Waals surface area contributed by atoms with Gasteiger partial charge in [-0.05, 0) is 35.3 Å². The van der Waals surface area contributed by atoms with Gasteiger partial charge in [0.2, 0.25) is 12.3 Å². The Morgan fingerprint density at radius 1 is 1.12 bits per heavy atom. The van der Waals surface area contributed by atoms with Crippen molar-refractivity contribution in [2.24, 2.45) is 7.05 Å². The molecule has 6 rings (SSSR count). The fraction of sp³-hybridized carbons (Fsp3) is 0.250. The van der Waals surface area contributed by atoms with Gasteiger partial charge in [-0.15, -0.1) is 0 Å². The quantitative estimate of drug-likeness (QED) is 0.200. The first-order valence-corrected chi connectivity index (χ1v) is 13.4. The van der Waals surface area contributed by atoms with Gasteiger partial charge < -0.3 is 35.0 Å². The number of aromatic nitrogens is 6. The summed E-state index contributed by atoms with van der Waals surface area (Å²) in [6.45, 7) is 2.85. The topological polar surface area (TPSA) is 158 Å². The molecule has 214 valence electrons. The third-order valence-electron chi connectivity index (χ3n) is 6.99. The molecule has 2 aromatic carbocycles. The summed E-state index contributed by atoms with van der Waals surface area (Å²) in [6, 6.07) is 15.5. The molecular formula is C28H28N10O4. The second-order valence-electron chi connectivity index (χ2n) is 9.71. The summed E-state index contributed by atoms with van der Waals surface area (Å²) in [5.41, 5.74) is 4.91. The number of fused-ring (bicyclic) bond motifs is 1. The smallest absolute Gasteiger partial charge is 0.390 e. The molecule has 0 radical (unpaired) electrons. The minimum absolute atomic E-state index is 0.219. The van der Waals surface area contributed by atoms with Gasteiger partial charge in [-0.3, -0.25) is 4.79 Å². The van der Waals surface area contributed by atoms with Crippen LogP contribution in [0.5, 0.6) is 0 Å². The van der Waals surface area contributed by atoms with E-state index in [0.29, 0.717) is 37.8 Å². The molecule has 0 aliphatic carbocycles. The molecule has 5 aromatic rings. The molecule has 0 unspecified atom stereocenters. The van der Waals surface area contributed by atoms with Crippen molar-refractivity contribution in [2.45, 2.75) is 6.54 Å². The Labute approximate surface area is 240 Å². The molecular weight excluding hydrogens is 540 g/mol. The number of hydrogen-bond donors (Lipinski definition) is 2. The number of amides is 1. The van der Waals surface area contributed by atoms with Crippen molar-refractivity contribution in [3.05, 3.63) is 82.9 Å². The van der Waals surface area contributed by atoms with Gasteiger partial charge in [-0.1, -0.05) is 23.2 Å². The normalized spacial score (nSPS) is 13.3. The predicted molar refractivity (Wildman–Crippen MR) is 156 cm³/mol. The highest BCUT2D eigenvalue weighted by atomic mass is 16.6. The second kappa shape index (κ2) is 11.6. The maximum atomic E-state index is 13.2. The molecule has 3 aromatic heterocycles. The lowest BCUT2D eigenvalue weighted by molar-refractivity contribution is -0.394. The predicted octanol–water partition coefficient (Wildman–Crippen LogP) is 3.15. The molecule has 1 amide bonds. The Balaban J connectivity index is 1.22. The zero-order valence-electron chi connectivity index (χ0n) is 22.8. The van der Waals surface area contributed by atoms with Gasteiger partial charge in [0.1, 0.15) is 0 Å². The minimum Gasteiger partial charge on any atom is -0.390 e. The van der Waals surface area contributed by atoms with E-state index in [1.807, 2.05) is 37.4 Å². The number of nitro groups is 1. The van der Waals surface area contributed by atoms with Crippen molar-refractivity contribution in [1.82, 2.24) is 34.6 Å².